The number of guanidine groups is 1. The molecule has 2 atom stereocenters. The van der Waals surface area contributed by atoms with E-state index in [9.17, 15) is 4.79 Å². The highest BCUT2D eigenvalue weighted by Crippen LogP contribution is 2.32. The van der Waals surface area contributed by atoms with Gasteiger partial charge in [-0.25, -0.2) is 4.79 Å². The summed E-state index contributed by atoms with van der Waals surface area (Å²) in [4.78, 5) is 18.5. The topological polar surface area (TPSA) is 78.0 Å². The number of aliphatic imine (C=N–C) groups is 1. The van der Waals surface area contributed by atoms with Gasteiger partial charge >= 0.3 is 6.09 Å². The summed E-state index contributed by atoms with van der Waals surface area (Å²) in [6.45, 7) is 4.85. The van der Waals surface area contributed by atoms with Crippen LogP contribution in [-0.2, 0) is 4.74 Å². The van der Waals surface area contributed by atoms with Gasteiger partial charge in [-0.2, -0.15) is 0 Å². The van der Waals surface area contributed by atoms with Crippen molar-refractivity contribution >= 4 is 17.7 Å². The number of hydrogen-bond acceptors (Lipinski definition) is 4. The molecule has 1 aromatic carbocycles. The maximum atomic E-state index is 11.7. The number of ether oxygens (including phenoxy) is 1. The average molecular weight is 374 g/mol. The van der Waals surface area contributed by atoms with Crippen LogP contribution >= 0.6 is 0 Å². The molecule has 1 aliphatic carbocycles. The van der Waals surface area contributed by atoms with E-state index in [0.717, 1.165) is 38.3 Å². The summed E-state index contributed by atoms with van der Waals surface area (Å²) in [7, 11) is 1.78. The van der Waals surface area contributed by atoms with Crippen LogP contribution in [0.5, 0.6) is 0 Å². The van der Waals surface area contributed by atoms with E-state index in [1.807, 2.05) is 13.0 Å². The van der Waals surface area contributed by atoms with Gasteiger partial charge in [-0.1, -0.05) is 18.2 Å². The Morgan fingerprint density at radius 3 is 2.74 bits per heavy atom. The second-order valence-corrected chi connectivity index (χ2v) is 7.17. The second kappa shape index (κ2) is 9.48. The Morgan fingerprint density at radius 1 is 1.30 bits per heavy atom. The van der Waals surface area contributed by atoms with E-state index in [1.165, 1.54) is 5.69 Å². The smallest absolute Gasteiger partial charge is 0.407 e. The highest BCUT2D eigenvalue weighted by molar-refractivity contribution is 5.80. The molecule has 2 aliphatic rings. The number of anilines is 1. The fourth-order valence-electron chi connectivity index (χ4n) is 3.50. The lowest BCUT2D eigenvalue weighted by molar-refractivity contribution is 0.146. The van der Waals surface area contributed by atoms with Crippen LogP contribution in [-0.4, -0.2) is 57.4 Å². The maximum Gasteiger partial charge on any atom is 0.407 e. The minimum Gasteiger partial charge on any atom is -0.450 e. The zero-order valence-corrected chi connectivity index (χ0v) is 16.3. The number of alkyl carbamates (subject to hydrolysis) is 1. The number of rotatable bonds is 7. The molecule has 7 nitrogen and oxygen atoms in total. The van der Waals surface area contributed by atoms with Crippen molar-refractivity contribution < 1.29 is 9.53 Å². The van der Waals surface area contributed by atoms with Crippen molar-refractivity contribution in [2.24, 2.45) is 10.9 Å². The molecular formula is C20H31N5O2. The Labute approximate surface area is 161 Å². The molecule has 0 bridgehead atoms. The number of carbonyl (C=O) groups excluding carboxylic acids is 1. The van der Waals surface area contributed by atoms with Gasteiger partial charge in [0, 0.05) is 38.4 Å². The summed E-state index contributed by atoms with van der Waals surface area (Å²) in [6.07, 6.45) is 3.04. The molecule has 1 saturated heterocycles. The summed E-state index contributed by atoms with van der Waals surface area (Å²) in [5.41, 5.74) is 1.26. The molecule has 7 heteroatoms. The standard InChI is InChI=1S/C20H31N5O2/c1-3-27-20(26)24-18(15-9-10-15)13-22-19(21-2)23-16-11-12-25(14-16)17-7-5-4-6-8-17/h4-8,15-16,18H,3,9-14H2,1-2H3,(H,24,26)(H2,21,22,23). The van der Waals surface area contributed by atoms with Crippen molar-refractivity contribution in [3.63, 3.8) is 0 Å². The van der Waals surface area contributed by atoms with Crippen molar-refractivity contribution in [2.75, 3.05) is 38.2 Å². The molecule has 1 aromatic rings. The van der Waals surface area contributed by atoms with Crippen LogP contribution < -0.4 is 20.9 Å². The maximum absolute atomic E-state index is 11.7. The van der Waals surface area contributed by atoms with Crippen molar-refractivity contribution in [2.45, 2.75) is 38.3 Å². The third-order valence-electron chi connectivity index (χ3n) is 5.13. The molecule has 3 N–H and O–H groups in total. The molecule has 1 aliphatic heterocycles. The second-order valence-electron chi connectivity index (χ2n) is 7.17. The first-order chi connectivity index (χ1) is 13.2. The van der Waals surface area contributed by atoms with Gasteiger partial charge in [0.15, 0.2) is 5.96 Å². The third kappa shape index (κ3) is 5.77. The van der Waals surface area contributed by atoms with Crippen molar-refractivity contribution in [3.8, 4) is 0 Å². The molecule has 1 saturated carbocycles. The molecule has 1 amide bonds. The lowest BCUT2D eigenvalue weighted by Crippen LogP contribution is -2.50. The van der Waals surface area contributed by atoms with Gasteiger partial charge in [0.25, 0.3) is 0 Å². The van der Waals surface area contributed by atoms with Crippen LogP contribution in [0.15, 0.2) is 35.3 Å². The molecule has 0 spiro atoms. The number of amides is 1. The minimum absolute atomic E-state index is 0.0759. The molecular weight excluding hydrogens is 342 g/mol. The summed E-state index contributed by atoms with van der Waals surface area (Å²) in [6, 6.07) is 10.9. The van der Waals surface area contributed by atoms with Crippen LogP contribution in [0.3, 0.4) is 0 Å². The Morgan fingerprint density at radius 2 is 2.07 bits per heavy atom. The van der Waals surface area contributed by atoms with Crippen molar-refractivity contribution in [3.05, 3.63) is 30.3 Å². The van der Waals surface area contributed by atoms with E-state index < -0.39 is 0 Å². The molecule has 2 fully saturated rings. The van der Waals surface area contributed by atoms with Crippen molar-refractivity contribution in [1.82, 2.24) is 16.0 Å². The molecule has 0 radical (unpaired) electrons. The number of nitrogens with zero attached hydrogens (tertiary/aromatic N) is 2. The van der Waals surface area contributed by atoms with Crippen LogP contribution in [0.2, 0.25) is 0 Å². The fraction of sp³-hybridized carbons (Fsp3) is 0.600. The summed E-state index contributed by atoms with van der Waals surface area (Å²) in [5, 5.41) is 9.85. The molecule has 3 rings (SSSR count). The predicted octanol–water partition coefficient (Wildman–Crippen LogP) is 1.96. The van der Waals surface area contributed by atoms with E-state index in [0.29, 0.717) is 25.1 Å². The van der Waals surface area contributed by atoms with Crippen LogP contribution in [0.1, 0.15) is 26.2 Å². The number of carbonyl (C=O) groups is 1. The Kier molecular flexibility index (Phi) is 6.79. The zero-order valence-electron chi connectivity index (χ0n) is 16.3. The van der Waals surface area contributed by atoms with Gasteiger partial charge in [-0.3, -0.25) is 4.99 Å². The quantitative estimate of drug-likeness (QED) is 0.503. The van der Waals surface area contributed by atoms with E-state index in [2.05, 4.69) is 50.1 Å². The lowest BCUT2D eigenvalue weighted by atomic mass is 10.2. The first-order valence-electron chi connectivity index (χ1n) is 9.90. The number of nitrogens with one attached hydrogen (secondary N) is 3. The van der Waals surface area contributed by atoms with E-state index in [4.69, 9.17) is 4.74 Å². The highest BCUT2D eigenvalue weighted by Gasteiger charge is 2.33. The van der Waals surface area contributed by atoms with Crippen LogP contribution in [0, 0.1) is 5.92 Å². The molecule has 2 unspecified atom stereocenters. The predicted molar refractivity (Wildman–Crippen MR) is 108 cm³/mol. The summed E-state index contributed by atoms with van der Waals surface area (Å²) >= 11 is 0. The molecule has 0 aromatic heterocycles. The van der Waals surface area contributed by atoms with Gasteiger partial charge in [0.1, 0.15) is 0 Å². The first-order valence-corrected chi connectivity index (χ1v) is 9.90. The monoisotopic (exact) mass is 373 g/mol. The first kappa shape index (κ1) is 19.3. The molecule has 27 heavy (non-hydrogen) atoms. The summed E-state index contributed by atoms with van der Waals surface area (Å²) in [5.74, 6) is 1.31. The third-order valence-corrected chi connectivity index (χ3v) is 5.13. The largest absolute Gasteiger partial charge is 0.450 e. The summed E-state index contributed by atoms with van der Waals surface area (Å²) < 4.78 is 5.02. The molecule has 1 heterocycles. The average Bonchev–Trinajstić information content (AvgIpc) is 3.43. The Hall–Kier alpha value is -2.44. The number of hydrogen-bond donors (Lipinski definition) is 3. The van der Waals surface area contributed by atoms with E-state index >= 15 is 0 Å². The van der Waals surface area contributed by atoms with Gasteiger partial charge in [0.05, 0.1) is 12.6 Å². The highest BCUT2D eigenvalue weighted by atomic mass is 16.5. The Bertz CT molecular complexity index is 633. The Balaban J connectivity index is 1.46. The van der Waals surface area contributed by atoms with Crippen molar-refractivity contribution in [1.29, 1.82) is 0 Å². The van der Waals surface area contributed by atoms with E-state index in [-0.39, 0.29) is 12.1 Å². The van der Waals surface area contributed by atoms with Gasteiger partial charge < -0.3 is 25.6 Å². The van der Waals surface area contributed by atoms with Crippen LogP contribution in [0.4, 0.5) is 10.5 Å². The van der Waals surface area contributed by atoms with Gasteiger partial charge in [0.2, 0.25) is 0 Å². The lowest BCUT2D eigenvalue weighted by Gasteiger charge is -2.23. The molecule has 148 valence electrons. The number of para-hydroxylation sites is 1. The zero-order chi connectivity index (χ0) is 19.1. The normalized spacial score (nSPS) is 20.9. The van der Waals surface area contributed by atoms with Gasteiger partial charge in [-0.15, -0.1) is 0 Å². The fourth-order valence-corrected chi connectivity index (χ4v) is 3.50. The minimum atomic E-state index is -0.339. The SMILES string of the molecule is CCOC(=O)NC(CNC(=NC)NC1CCN(c2ccccc2)C1)C1CC1. The van der Waals surface area contributed by atoms with Gasteiger partial charge in [-0.05, 0) is 44.2 Å². The van der Waals surface area contributed by atoms with Crippen LogP contribution in [0.25, 0.3) is 0 Å². The number of benzene rings is 1. The van der Waals surface area contributed by atoms with E-state index in [1.54, 1.807) is 7.05 Å².